The summed E-state index contributed by atoms with van der Waals surface area (Å²) in [5.41, 5.74) is 0.815. The molecule has 0 amide bonds. The van der Waals surface area contributed by atoms with E-state index in [0.717, 1.165) is 5.56 Å². The lowest BCUT2D eigenvalue weighted by atomic mass is 10.1. The smallest absolute Gasteiger partial charge is 0.268 e. The molecule has 0 unspecified atom stereocenters. The number of aromatic amines is 1. The van der Waals surface area contributed by atoms with Crippen LogP contribution in [-0.2, 0) is 9.84 Å². The van der Waals surface area contributed by atoms with Crippen LogP contribution >= 0.6 is 11.8 Å². The standard InChI is InChI=1S/C18H15NO3S2/c1-23-16-12-15(13-8-4-2-5-9-13)19-18(20)17(16)24(21,22)14-10-6-3-7-11-14/h2-12H,1H3,(H,19,20). The molecule has 0 atom stereocenters. The second-order valence-electron chi connectivity index (χ2n) is 5.09. The number of rotatable bonds is 4. The molecule has 1 aromatic heterocycles. The van der Waals surface area contributed by atoms with Crippen LogP contribution < -0.4 is 5.56 Å². The van der Waals surface area contributed by atoms with Gasteiger partial charge in [-0.25, -0.2) is 8.42 Å². The van der Waals surface area contributed by atoms with Crippen LogP contribution in [0.1, 0.15) is 0 Å². The van der Waals surface area contributed by atoms with Gasteiger partial charge in [-0.1, -0.05) is 48.5 Å². The summed E-state index contributed by atoms with van der Waals surface area (Å²) >= 11 is 1.24. The lowest BCUT2D eigenvalue weighted by Gasteiger charge is -2.10. The van der Waals surface area contributed by atoms with Gasteiger partial charge < -0.3 is 4.98 Å². The van der Waals surface area contributed by atoms with E-state index < -0.39 is 15.4 Å². The third-order valence-corrected chi connectivity index (χ3v) is 6.31. The first kappa shape index (κ1) is 16.5. The first-order valence-electron chi connectivity index (χ1n) is 7.21. The molecule has 2 aromatic carbocycles. The molecule has 0 bridgehead atoms. The van der Waals surface area contributed by atoms with Crippen LogP contribution in [-0.4, -0.2) is 19.7 Å². The van der Waals surface area contributed by atoms with Crippen molar-refractivity contribution in [2.45, 2.75) is 14.7 Å². The summed E-state index contributed by atoms with van der Waals surface area (Å²) < 4.78 is 25.7. The Hall–Kier alpha value is -2.31. The summed E-state index contributed by atoms with van der Waals surface area (Å²) in [5.74, 6) is 0. The molecule has 24 heavy (non-hydrogen) atoms. The molecule has 1 heterocycles. The predicted molar refractivity (Wildman–Crippen MR) is 96.2 cm³/mol. The lowest BCUT2D eigenvalue weighted by Crippen LogP contribution is -2.19. The van der Waals surface area contributed by atoms with Gasteiger partial charge in [0.1, 0.15) is 0 Å². The number of aromatic nitrogens is 1. The maximum Gasteiger partial charge on any atom is 0.268 e. The Bertz CT molecular complexity index is 1010. The molecule has 0 spiro atoms. The molecule has 0 saturated heterocycles. The minimum atomic E-state index is -3.88. The normalized spacial score (nSPS) is 11.4. The number of hydrogen-bond acceptors (Lipinski definition) is 4. The zero-order valence-corrected chi connectivity index (χ0v) is 14.5. The number of sulfone groups is 1. The van der Waals surface area contributed by atoms with Crippen molar-refractivity contribution >= 4 is 21.6 Å². The van der Waals surface area contributed by atoms with Gasteiger partial charge in [0.2, 0.25) is 9.84 Å². The summed E-state index contributed by atoms with van der Waals surface area (Å²) in [6.07, 6.45) is 1.76. The van der Waals surface area contributed by atoms with Crippen LogP contribution in [0.3, 0.4) is 0 Å². The van der Waals surface area contributed by atoms with E-state index in [-0.39, 0.29) is 9.79 Å². The van der Waals surface area contributed by atoms with E-state index in [4.69, 9.17) is 0 Å². The van der Waals surface area contributed by atoms with Gasteiger partial charge in [0, 0.05) is 10.6 Å². The van der Waals surface area contributed by atoms with Crippen LogP contribution in [0.4, 0.5) is 0 Å². The summed E-state index contributed by atoms with van der Waals surface area (Å²) in [6, 6.07) is 19.0. The highest BCUT2D eigenvalue weighted by atomic mass is 32.2. The zero-order chi connectivity index (χ0) is 17.2. The van der Waals surface area contributed by atoms with Gasteiger partial charge in [0.05, 0.1) is 4.90 Å². The molecule has 0 aliphatic carbocycles. The first-order valence-corrected chi connectivity index (χ1v) is 9.91. The lowest BCUT2D eigenvalue weighted by molar-refractivity contribution is 0.592. The van der Waals surface area contributed by atoms with E-state index in [1.54, 1.807) is 30.5 Å². The summed E-state index contributed by atoms with van der Waals surface area (Å²) in [5, 5.41) is 0. The van der Waals surface area contributed by atoms with E-state index in [1.165, 1.54) is 23.9 Å². The summed E-state index contributed by atoms with van der Waals surface area (Å²) in [7, 11) is -3.88. The number of nitrogens with one attached hydrogen (secondary N) is 1. The molecule has 0 saturated carbocycles. The van der Waals surface area contributed by atoms with Crippen molar-refractivity contribution < 1.29 is 8.42 Å². The van der Waals surface area contributed by atoms with E-state index in [9.17, 15) is 13.2 Å². The number of thioether (sulfide) groups is 1. The van der Waals surface area contributed by atoms with Gasteiger partial charge in [-0.15, -0.1) is 11.8 Å². The molecule has 0 aliphatic heterocycles. The topological polar surface area (TPSA) is 67.0 Å². The maximum atomic E-state index is 12.8. The number of hydrogen-bond donors (Lipinski definition) is 1. The van der Waals surface area contributed by atoms with Crippen molar-refractivity contribution in [3.05, 3.63) is 77.1 Å². The minimum Gasteiger partial charge on any atom is -0.321 e. The summed E-state index contributed by atoms with van der Waals surface area (Å²) in [6.45, 7) is 0. The molecule has 1 N–H and O–H groups in total. The van der Waals surface area contributed by atoms with Gasteiger partial charge in [0.25, 0.3) is 5.56 Å². The number of benzene rings is 2. The molecule has 3 rings (SSSR count). The fraction of sp³-hybridized carbons (Fsp3) is 0.0556. The fourth-order valence-corrected chi connectivity index (χ4v) is 4.88. The highest BCUT2D eigenvalue weighted by Crippen LogP contribution is 2.29. The molecule has 6 heteroatoms. The Morgan fingerprint density at radius 1 is 0.917 bits per heavy atom. The summed E-state index contributed by atoms with van der Waals surface area (Å²) in [4.78, 5) is 15.6. The molecule has 3 aromatic rings. The molecule has 0 aliphatic rings. The first-order chi connectivity index (χ1) is 11.5. The van der Waals surface area contributed by atoms with Gasteiger partial charge in [-0.2, -0.15) is 0 Å². The Morgan fingerprint density at radius 3 is 2.08 bits per heavy atom. The average molecular weight is 357 g/mol. The zero-order valence-electron chi connectivity index (χ0n) is 12.9. The fourth-order valence-electron chi connectivity index (χ4n) is 2.42. The van der Waals surface area contributed by atoms with Crippen molar-refractivity contribution in [1.82, 2.24) is 4.98 Å². The van der Waals surface area contributed by atoms with Crippen LogP contribution in [0.2, 0.25) is 0 Å². The average Bonchev–Trinajstić information content (AvgIpc) is 2.62. The van der Waals surface area contributed by atoms with Gasteiger partial charge >= 0.3 is 0 Å². The Morgan fingerprint density at radius 2 is 1.50 bits per heavy atom. The molecule has 122 valence electrons. The minimum absolute atomic E-state index is 0.110. The van der Waals surface area contributed by atoms with Crippen LogP contribution in [0.15, 0.2) is 86.2 Å². The van der Waals surface area contributed by atoms with Crippen molar-refractivity contribution in [2.24, 2.45) is 0 Å². The van der Waals surface area contributed by atoms with Crippen LogP contribution in [0, 0.1) is 0 Å². The second kappa shape index (κ2) is 6.67. The number of pyridine rings is 1. The van der Waals surface area contributed by atoms with Crippen molar-refractivity contribution in [3.63, 3.8) is 0 Å². The quantitative estimate of drug-likeness (QED) is 0.725. The largest absolute Gasteiger partial charge is 0.321 e. The third kappa shape index (κ3) is 3.02. The van der Waals surface area contributed by atoms with Gasteiger partial charge in [0.15, 0.2) is 4.90 Å². The second-order valence-corrected chi connectivity index (χ2v) is 7.83. The Kier molecular flexibility index (Phi) is 4.59. The monoisotopic (exact) mass is 357 g/mol. The van der Waals surface area contributed by atoms with Crippen molar-refractivity contribution in [1.29, 1.82) is 0 Å². The van der Waals surface area contributed by atoms with Gasteiger partial charge in [-0.3, -0.25) is 4.79 Å². The highest BCUT2D eigenvalue weighted by molar-refractivity contribution is 7.99. The molecule has 4 nitrogen and oxygen atoms in total. The van der Waals surface area contributed by atoms with Gasteiger partial charge in [-0.05, 0) is 30.0 Å². The van der Waals surface area contributed by atoms with Crippen molar-refractivity contribution in [3.8, 4) is 11.3 Å². The predicted octanol–water partition coefficient (Wildman–Crippen LogP) is 3.60. The number of H-pyrrole nitrogens is 1. The van der Waals surface area contributed by atoms with Crippen molar-refractivity contribution in [2.75, 3.05) is 6.26 Å². The van der Waals surface area contributed by atoms with E-state index in [0.29, 0.717) is 10.6 Å². The van der Waals surface area contributed by atoms with E-state index >= 15 is 0 Å². The van der Waals surface area contributed by atoms with Crippen LogP contribution in [0.5, 0.6) is 0 Å². The highest BCUT2D eigenvalue weighted by Gasteiger charge is 2.25. The van der Waals surface area contributed by atoms with Crippen LogP contribution in [0.25, 0.3) is 11.3 Å². The molecular formula is C18H15NO3S2. The molecule has 0 radical (unpaired) electrons. The van der Waals surface area contributed by atoms with E-state index in [1.807, 2.05) is 30.3 Å². The molecular weight excluding hydrogens is 342 g/mol. The third-order valence-electron chi connectivity index (χ3n) is 3.58. The van der Waals surface area contributed by atoms with E-state index in [2.05, 4.69) is 4.98 Å². The SMILES string of the molecule is CSc1cc(-c2ccccc2)[nH]c(=O)c1S(=O)(=O)c1ccccc1. The maximum absolute atomic E-state index is 12.8. The Balaban J connectivity index is 2.22. The Labute approximate surface area is 144 Å². The molecule has 0 fully saturated rings.